The zero-order valence-corrected chi connectivity index (χ0v) is 21.7. The van der Waals surface area contributed by atoms with E-state index in [0.29, 0.717) is 36.6 Å². The molecule has 2 N–H and O–H groups in total. The molecule has 0 aliphatic heterocycles. The molecule has 0 fully saturated rings. The number of sulfone groups is 1. The van der Waals surface area contributed by atoms with Crippen molar-refractivity contribution in [3.63, 3.8) is 0 Å². The summed E-state index contributed by atoms with van der Waals surface area (Å²) in [5, 5.41) is 6.53. The normalized spacial score (nSPS) is 12.1. The maximum atomic E-state index is 13.0. The Labute approximate surface area is 216 Å². The summed E-state index contributed by atoms with van der Waals surface area (Å²) >= 11 is 6.06. The van der Waals surface area contributed by atoms with Gasteiger partial charge in [0.15, 0.2) is 0 Å². The molecule has 3 aromatic rings. The smallest absolute Gasteiger partial charge is 0.303 e. The molecule has 0 aliphatic rings. The highest BCUT2D eigenvalue weighted by Gasteiger charge is 2.18. The van der Waals surface area contributed by atoms with Crippen molar-refractivity contribution in [3.8, 4) is 0 Å². The van der Waals surface area contributed by atoms with Crippen LogP contribution in [-0.4, -0.2) is 39.9 Å². The average Bonchev–Trinajstić information content (AvgIpc) is 2.86. The first-order chi connectivity index (χ1) is 17.2. The van der Waals surface area contributed by atoms with E-state index >= 15 is 0 Å². The first-order valence-corrected chi connectivity index (χ1v) is 13.4. The maximum Gasteiger partial charge on any atom is 0.303 e. The number of hydrogen-bond acceptors (Lipinski definition) is 6. The van der Waals surface area contributed by atoms with Crippen LogP contribution in [0.15, 0.2) is 82.6 Å². The highest BCUT2D eigenvalue weighted by molar-refractivity contribution is 7.91. The molecule has 1 amide bonds. The van der Waals surface area contributed by atoms with Crippen molar-refractivity contribution in [2.45, 2.75) is 36.2 Å². The molecular formula is C27H29ClN2O5S. The predicted molar refractivity (Wildman–Crippen MR) is 139 cm³/mol. The molecule has 3 aromatic carbocycles. The Hall–Kier alpha value is -3.20. The molecule has 0 saturated heterocycles. The van der Waals surface area contributed by atoms with Crippen molar-refractivity contribution < 1.29 is 22.7 Å². The summed E-state index contributed by atoms with van der Waals surface area (Å²) in [5.74, 6) is -0.622. The van der Waals surface area contributed by atoms with Gasteiger partial charge < -0.3 is 15.4 Å². The van der Waals surface area contributed by atoms with E-state index in [4.69, 9.17) is 16.3 Å². The van der Waals surface area contributed by atoms with Crippen LogP contribution >= 0.6 is 11.6 Å². The van der Waals surface area contributed by atoms with Gasteiger partial charge in [0.2, 0.25) is 9.84 Å². The number of benzene rings is 3. The second-order valence-electron chi connectivity index (χ2n) is 8.14. The molecule has 0 bridgehead atoms. The summed E-state index contributed by atoms with van der Waals surface area (Å²) in [6, 6.07) is 19.8. The van der Waals surface area contributed by atoms with Crippen LogP contribution in [0.4, 0.5) is 0 Å². The van der Waals surface area contributed by atoms with Gasteiger partial charge in [0, 0.05) is 30.6 Å². The zero-order valence-electron chi connectivity index (χ0n) is 20.2. The molecule has 36 heavy (non-hydrogen) atoms. The first-order valence-electron chi connectivity index (χ1n) is 11.6. The molecule has 0 heterocycles. The molecule has 0 unspecified atom stereocenters. The lowest BCUT2D eigenvalue weighted by Crippen LogP contribution is -2.26. The minimum atomic E-state index is -3.70. The van der Waals surface area contributed by atoms with Crippen molar-refractivity contribution >= 4 is 33.3 Å². The molecular weight excluding hydrogens is 500 g/mol. The van der Waals surface area contributed by atoms with E-state index in [-0.39, 0.29) is 21.7 Å². The van der Waals surface area contributed by atoms with Crippen molar-refractivity contribution in [2.75, 3.05) is 19.6 Å². The predicted octanol–water partition coefficient (Wildman–Crippen LogP) is 4.36. The van der Waals surface area contributed by atoms with Crippen LogP contribution in [0.2, 0.25) is 5.02 Å². The molecule has 0 aromatic heterocycles. The number of halogens is 1. The molecule has 0 radical (unpaired) electrons. The van der Waals surface area contributed by atoms with Crippen LogP contribution in [0.1, 0.15) is 41.4 Å². The number of carbonyl (C=O) groups excluding carboxylic acids is 2. The van der Waals surface area contributed by atoms with Gasteiger partial charge >= 0.3 is 5.97 Å². The lowest BCUT2D eigenvalue weighted by molar-refractivity contribution is -0.146. The summed E-state index contributed by atoms with van der Waals surface area (Å²) in [5.41, 5.74) is 2.17. The second-order valence-corrected chi connectivity index (χ2v) is 10.5. The Kier molecular flexibility index (Phi) is 9.64. The van der Waals surface area contributed by atoms with Gasteiger partial charge in [0.25, 0.3) is 5.91 Å². The van der Waals surface area contributed by atoms with Crippen LogP contribution in [-0.2, 0) is 25.8 Å². The average molecular weight is 529 g/mol. The molecule has 3 rings (SSSR count). The third-order valence-corrected chi connectivity index (χ3v) is 7.47. The minimum absolute atomic E-state index is 0.127. The van der Waals surface area contributed by atoms with Crippen LogP contribution in [0.5, 0.6) is 0 Å². The van der Waals surface area contributed by atoms with Gasteiger partial charge in [0.1, 0.15) is 6.10 Å². The van der Waals surface area contributed by atoms with E-state index in [1.807, 2.05) is 13.0 Å². The number of ether oxygens (including phenoxy) is 1. The summed E-state index contributed by atoms with van der Waals surface area (Å²) in [4.78, 5) is 23.7. The van der Waals surface area contributed by atoms with Crippen LogP contribution in [0.25, 0.3) is 0 Å². The van der Waals surface area contributed by atoms with Gasteiger partial charge in [0.05, 0.1) is 9.79 Å². The third kappa shape index (κ3) is 7.40. The zero-order chi connectivity index (χ0) is 26.1. The lowest BCUT2D eigenvalue weighted by Gasteiger charge is -2.18. The Morgan fingerprint density at radius 3 is 2.19 bits per heavy atom. The molecule has 0 aliphatic carbocycles. The topological polar surface area (TPSA) is 102 Å². The van der Waals surface area contributed by atoms with Gasteiger partial charge in [-0.25, -0.2) is 8.42 Å². The SMILES string of the molecule is CCNC(=O)c1ccc(S(=O)(=O)c2ccc(CCNC[C@@H](OC(C)=O)c3cccc(Cl)c3)cc2)cc1. The van der Waals surface area contributed by atoms with Crippen molar-refractivity contribution in [1.29, 1.82) is 0 Å². The van der Waals surface area contributed by atoms with E-state index in [0.717, 1.165) is 11.1 Å². The summed E-state index contributed by atoms with van der Waals surface area (Å²) in [7, 11) is -3.70. The second kappa shape index (κ2) is 12.7. The molecule has 9 heteroatoms. The van der Waals surface area contributed by atoms with E-state index in [2.05, 4.69) is 10.6 Å². The van der Waals surface area contributed by atoms with E-state index in [9.17, 15) is 18.0 Å². The Balaban J connectivity index is 1.58. The molecule has 1 atom stereocenters. The van der Waals surface area contributed by atoms with Gasteiger partial charge in [-0.05, 0) is 79.5 Å². The fourth-order valence-electron chi connectivity index (χ4n) is 3.62. The number of esters is 1. The summed E-state index contributed by atoms with van der Waals surface area (Å²) < 4.78 is 31.4. The monoisotopic (exact) mass is 528 g/mol. The van der Waals surface area contributed by atoms with Gasteiger partial charge in [-0.2, -0.15) is 0 Å². The fourth-order valence-corrected chi connectivity index (χ4v) is 5.08. The standard InChI is InChI=1S/C27H29ClN2O5S/c1-3-30-27(32)21-9-13-25(14-10-21)36(33,34)24-11-7-20(8-12-24)15-16-29-18-26(35-19(2)31)22-5-4-6-23(28)17-22/h4-14,17,26,29H,3,15-16,18H2,1-2H3,(H,30,32)/t26-/m1/s1. The maximum absolute atomic E-state index is 13.0. The van der Waals surface area contributed by atoms with Gasteiger partial charge in [-0.3, -0.25) is 9.59 Å². The number of nitrogens with one attached hydrogen (secondary N) is 2. The fraction of sp³-hybridized carbons (Fsp3) is 0.259. The van der Waals surface area contributed by atoms with Crippen LogP contribution in [0, 0.1) is 0 Å². The van der Waals surface area contributed by atoms with Crippen molar-refractivity contribution in [2.24, 2.45) is 0 Å². The molecule has 7 nitrogen and oxygen atoms in total. The third-order valence-electron chi connectivity index (χ3n) is 5.45. The number of amides is 1. The highest BCUT2D eigenvalue weighted by Crippen LogP contribution is 2.23. The number of carbonyl (C=O) groups is 2. The quantitative estimate of drug-likeness (QED) is 0.283. The number of hydrogen-bond donors (Lipinski definition) is 2. The van der Waals surface area contributed by atoms with E-state index in [1.165, 1.54) is 31.2 Å². The van der Waals surface area contributed by atoms with Crippen LogP contribution in [0.3, 0.4) is 0 Å². The minimum Gasteiger partial charge on any atom is -0.456 e. The van der Waals surface area contributed by atoms with Gasteiger partial charge in [-0.15, -0.1) is 0 Å². The number of rotatable bonds is 11. The Bertz CT molecular complexity index is 1290. The van der Waals surface area contributed by atoms with Gasteiger partial charge in [-0.1, -0.05) is 35.9 Å². The van der Waals surface area contributed by atoms with Crippen molar-refractivity contribution in [3.05, 3.63) is 94.5 Å². The van der Waals surface area contributed by atoms with E-state index < -0.39 is 15.9 Å². The van der Waals surface area contributed by atoms with Crippen LogP contribution < -0.4 is 10.6 Å². The summed E-state index contributed by atoms with van der Waals surface area (Å²) in [6.45, 7) is 4.70. The highest BCUT2D eigenvalue weighted by atomic mass is 35.5. The van der Waals surface area contributed by atoms with Crippen molar-refractivity contribution in [1.82, 2.24) is 10.6 Å². The molecule has 0 saturated carbocycles. The van der Waals surface area contributed by atoms with E-state index in [1.54, 1.807) is 42.5 Å². The molecule has 0 spiro atoms. The largest absolute Gasteiger partial charge is 0.456 e. The lowest BCUT2D eigenvalue weighted by atomic mass is 10.1. The summed E-state index contributed by atoms with van der Waals surface area (Å²) in [6.07, 6.45) is 0.192. The molecule has 190 valence electrons. The Morgan fingerprint density at radius 1 is 0.972 bits per heavy atom. The first kappa shape index (κ1) is 27.4. The Morgan fingerprint density at radius 2 is 1.61 bits per heavy atom.